The molecule has 0 saturated carbocycles. The van der Waals surface area contributed by atoms with Gasteiger partial charge in [-0.15, -0.1) is 15.3 Å². The molecule has 0 aliphatic heterocycles. The third kappa shape index (κ3) is 4.95. The Bertz CT molecular complexity index is 1270. The average Bonchev–Trinajstić information content (AvgIpc) is 3.26. The fraction of sp³-hybridized carbons (Fsp3) is 0.217. The van der Waals surface area contributed by atoms with E-state index in [1.807, 2.05) is 37.3 Å². The molecule has 0 fully saturated rings. The lowest BCUT2D eigenvalue weighted by Crippen LogP contribution is -2.32. The molecule has 0 unspecified atom stereocenters. The third-order valence-corrected chi connectivity index (χ3v) is 4.92. The summed E-state index contributed by atoms with van der Waals surface area (Å²) in [5.74, 6) is 2.13. The fourth-order valence-corrected chi connectivity index (χ4v) is 3.21. The van der Waals surface area contributed by atoms with Gasteiger partial charge in [0.2, 0.25) is 5.88 Å². The highest BCUT2D eigenvalue weighted by Gasteiger charge is 2.16. The van der Waals surface area contributed by atoms with Crippen molar-refractivity contribution in [1.82, 2.24) is 25.1 Å². The Morgan fingerprint density at radius 3 is 2.67 bits per heavy atom. The number of methoxy groups -OCH3 is 2. The molecule has 0 bridgehead atoms. The summed E-state index contributed by atoms with van der Waals surface area (Å²) in [6, 6.07) is 16.1. The molecule has 0 radical (unpaired) electrons. The van der Waals surface area contributed by atoms with Crippen molar-refractivity contribution >= 4 is 17.4 Å². The van der Waals surface area contributed by atoms with Crippen molar-refractivity contribution in [2.45, 2.75) is 6.92 Å². The smallest absolute Gasteiger partial charge is 0.319 e. The molecule has 0 aliphatic rings. The number of rotatable bonds is 8. The first-order chi connectivity index (χ1) is 16.1. The van der Waals surface area contributed by atoms with Crippen molar-refractivity contribution in [3.05, 3.63) is 60.2 Å². The Balaban J connectivity index is 1.42. The number of ether oxygens (including phenoxy) is 3. The third-order valence-electron chi connectivity index (χ3n) is 4.92. The van der Waals surface area contributed by atoms with Gasteiger partial charge in [0, 0.05) is 11.8 Å². The number of aryl methyl sites for hydroxylation is 1. The van der Waals surface area contributed by atoms with Crippen LogP contribution in [0.1, 0.15) is 5.56 Å². The van der Waals surface area contributed by atoms with Crippen LogP contribution in [-0.2, 0) is 0 Å². The number of anilines is 1. The molecule has 10 nitrogen and oxygen atoms in total. The highest BCUT2D eigenvalue weighted by Crippen LogP contribution is 2.32. The molecule has 2 amide bonds. The van der Waals surface area contributed by atoms with Crippen LogP contribution in [-0.4, -0.2) is 53.2 Å². The van der Waals surface area contributed by atoms with Crippen molar-refractivity contribution in [3.8, 4) is 28.8 Å². The number of benzene rings is 2. The van der Waals surface area contributed by atoms with E-state index < -0.39 is 0 Å². The number of aromatic nitrogens is 4. The molecule has 2 aromatic carbocycles. The van der Waals surface area contributed by atoms with Crippen LogP contribution in [0.25, 0.3) is 17.0 Å². The molecule has 10 heteroatoms. The number of hydrogen-bond acceptors (Lipinski definition) is 7. The number of urea groups is 1. The van der Waals surface area contributed by atoms with Gasteiger partial charge in [0.15, 0.2) is 11.5 Å². The number of carbonyl (C=O) groups excluding carboxylic acids is 1. The molecule has 33 heavy (non-hydrogen) atoms. The molecule has 2 aromatic heterocycles. The zero-order chi connectivity index (χ0) is 23.2. The van der Waals surface area contributed by atoms with Crippen LogP contribution in [0.4, 0.5) is 10.5 Å². The molecule has 170 valence electrons. The van der Waals surface area contributed by atoms with Gasteiger partial charge in [-0.25, -0.2) is 4.79 Å². The largest absolute Gasteiger partial charge is 0.497 e. The Hall–Kier alpha value is -4.34. The predicted molar refractivity (Wildman–Crippen MR) is 123 cm³/mol. The van der Waals surface area contributed by atoms with E-state index in [2.05, 4.69) is 25.9 Å². The number of carbonyl (C=O) groups is 1. The SMILES string of the molecule is COc1ccc(OC)c(-c2nnc3ccc(OCCNC(=O)Nc4ccccc4C)nn23)c1. The summed E-state index contributed by atoms with van der Waals surface area (Å²) in [7, 11) is 3.17. The molecule has 4 aromatic rings. The molecule has 2 heterocycles. The summed E-state index contributed by atoms with van der Waals surface area (Å²) in [5, 5.41) is 18.5. The molecule has 0 spiro atoms. The molecule has 0 aliphatic carbocycles. The fourth-order valence-electron chi connectivity index (χ4n) is 3.21. The van der Waals surface area contributed by atoms with Crippen molar-refractivity contribution in [3.63, 3.8) is 0 Å². The summed E-state index contributed by atoms with van der Waals surface area (Å²) >= 11 is 0. The van der Waals surface area contributed by atoms with Gasteiger partial charge < -0.3 is 24.8 Å². The molecule has 0 saturated heterocycles. The topological polar surface area (TPSA) is 112 Å². The number of amides is 2. The number of nitrogens with one attached hydrogen (secondary N) is 2. The second kappa shape index (κ2) is 9.86. The van der Waals surface area contributed by atoms with Crippen molar-refractivity contribution in [2.24, 2.45) is 0 Å². The van der Waals surface area contributed by atoms with Crippen LogP contribution >= 0.6 is 0 Å². The maximum absolute atomic E-state index is 12.1. The Kier molecular flexibility index (Phi) is 6.53. The number of para-hydroxylation sites is 1. The lowest BCUT2D eigenvalue weighted by molar-refractivity contribution is 0.246. The van der Waals surface area contributed by atoms with E-state index in [4.69, 9.17) is 14.2 Å². The highest BCUT2D eigenvalue weighted by atomic mass is 16.5. The predicted octanol–water partition coefficient (Wildman–Crippen LogP) is 3.32. The van der Waals surface area contributed by atoms with Gasteiger partial charge in [0.25, 0.3) is 0 Å². The summed E-state index contributed by atoms with van der Waals surface area (Å²) in [6.45, 7) is 2.47. The van der Waals surface area contributed by atoms with Crippen LogP contribution in [0, 0.1) is 6.92 Å². The van der Waals surface area contributed by atoms with E-state index in [1.54, 1.807) is 43.0 Å². The van der Waals surface area contributed by atoms with Gasteiger partial charge in [0.05, 0.1) is 26.3 Å². The van der Waals surface area contributed by atoms with E-state index in [1.165, 1.54) is 0 Å². The molecular formula is C23H24N6O4. The van der Waals surface area contributed by atoms with Crippen LogP contribution in [0.2, 0.25) is 0 Å². The van der Waals surface area contributed by atoms with E-state index in [-0.39, 0.29) is 12.6 Å². The lowest BCUT2D eigenvalue weighted by atomic mass is 10.2. The lowest BCUT2D eigenvalue weighted by Gasteiger charge is -2.11. The second-order valence-corrected chi connectivity index (χ2v) is 7.08. The zero-order valence-corrected chi connectivity index (χ0v) is 18.5. The standard InChI is InChI=1S/C23H24N6O4/c1-15-6-4-5-7-18(15)25-23(30)24-12-13-33-21-11-10-20-26-27-22(29(20)28-21)17-14-16(31-2)8-9-19(17)32-3/h4-11,14H,12-13H2,1-3H3,(H2,24,25,30). The summed E-state index contributed by atoms with van der Waals surface area (Å²) < 4.78 is 18.1. The maximum atomic E-state index is 12.1. The minimum Gasteiger partial charge on any atom is -0.497 e. The maximum Gasteiger partial charge on any atom is 0.319 e. The van der Waals surface area contributed by atoms with Gasteiger partial charge >= 0.3 is 6.03 Å². The quantitative estimate of drug-likeness (QED) is 0.398. The summed E-state index contributed by atoms with van der Waals surface area (Å²) in [4.78, 5) is 12.1. The van der Waals surface area contributed by atoms with Gasteiger partial charge in [-0.3, -0.25) is 0 Å². The van der Waals surface area contributed by atoms with Crippen LogP contribution < -0.4 is 24.8 Å². The first kappa shape index (κ1) is 21.9. The highest BCUT2D eigenvalue weighted by molar-refractivity contribution is 5.89. The first-order valence-corrected chi connectivity index (χ1v) is 10.3. The number of nitrogens with zero attached hydrogens (tertiary/aromatic N) is 4. The van der Waals surface area contributed by atoms with Gasteiger partial charge in [-0.1, -0.05) is 18.2 Å². The molecule has 4 rings (SSSR count). The second-order valence-electron chi connectivity index (χ2n) is 7.08. The van der Waals surface area contributed by atoms with Gasteiger partial charge in [-0.2, -0.15) is 4.52 Å². The molecule has 0 atom stereocenters. The van der Waals surface area contributed by atoms with Gasteiger partial charge in [0.1, 0.15) is 18.1 Å². The number of hydrogen-bond donors (Lipinski definition) is 2. The van der Waals surface area contributed by atoms with Crippen LogP contribution in [0.5, 0.6) is 17.4 Å². The van der Waals surface area contributed by atoms with E-state index in [9.17, 15) is 4.79 Å². The van der Waals surface area contributed by atoms with E-state index in [0.29, 0.717) is 41.0 Å². The van der Waals surface area contributed by atoms with Crippen molar-refractivity contribution in [1.29, 1.82) is 0 Å². The molecular weight excluding hydrogens is 424 g/mol. The summed E-state index contributed by atoms with van der Waals surface area (Å²) in [6.07, 6.45) is 0. The minimum absolute atomic E-state index is 0.236. The van der Waals surface area contributed by atoms with E-state index in [0.717, 1.165) is 11.3 Å². The van der Waals surface area contributed by atoms with Gasteiger partial charge in [-0.05, 0) is 42.8 Å². The first-order valence-electron chi connectivity index (χ1n) is 10.3. The summed E-state index contributed by atoms with van der Waals surface area (Å²) in [5.41, 5.74) is 2.98. The zero-order valence-electron chi connectivity index (χ0n) is 18.5. The molecule has 2 N–H and O–H groups in total. The monoisotopic (exact) mass is 448 g/mol. The van der Waals surface area contributed by atoms with Crippen molar-refractivity contribution in [2.75, 3.05) is 32.7 Å². The van der Waals surface area contributed by atoms with Crippen LogP contribution in [0.3, 0.4) is 0 Å². The van der Waals surface area contributed by atoms with E-state index >= 15 is 0 Å². The Morgan fingerprint density at radius 1 is 1.03 bits per heavy atom. The number of fused-ring (bicyclic) bond motifs is 1. The van der Waals surface area contributed by atoms with Crippen LogP contribution in [0.15, 0.2) is 54.6 Å². The Labute approximate surface area is 190 Å². The Morgan fingerprint density at radius 2 is 1.88 bits per heavy atom. The average molecular weight is 448 g/mol. The normalized spacial score (nSPS) is 10.6. The van der Waals surface area contributed by atoms with Crippen molar-refractivity contribution < 1.29 is 19.0 Å². The minimum atomic E-state index is -0.303.